The highest BCUT2D eigenvalue weighted by molar-refractivity contribution is 5.92. The zero-order valence-corrected chi connectivity index (χ0v) is 24.8. The number of nitrogens with one attached hydrogen (secondary N) is 1. The summed E-state index contributed by atoms with van der Waals surface area (Å²) >= 11 is 0. The van der Waals surface area contributed by atoms with E-state index in [1.807, 2.05) is 6.07 Å². The van der Waals surface area contributed by atoms with Crippen molar-refractivity contribution >= 4 is 24.2 Å². The summed E-state index contributed by atoms with van der Waals surface area (Å²) in [4.78, 5) is 46.7. The third kappa shape index (κ3) is 8.28. The zero-order chi connectivity index (χ0) is 31.3. The first kappa shape index (κ1) is 32.3. The fourth-order valence-electron chi connectivity index (χ4n) is 6.04. The second-order valence-electron chi connectivity index (χ2n) is 10.9. The molecule has 2 atom stereocenters. The molecule has 0 aromatic heterocycles. The van der Waals surface area contributed by atoms with Crippen LogP contribution in [0.5, 0.6) is 0 Å². The number of non-ortho nitro benzene ring substituents is 1. The van der Waals surface area contributed by atoms with Gasteiger partial charge in [-0.05, 0) is 68.4 Å². The fraction of sp³-hybridized carbons (Fsp3) is 0.452. The molecule has 2 unspecified atom stereocenters. The second-order valence-corrected chi connectivity index (χ2v) is 10.9. The van der Waals surface area contributed by atoms with Gasteiger partial charge >= 0.3 is 0 Å². The molecule has 1 saturated heterocycles. The Kier molecular flexibility index (Phi) is 12.0. The van der Waals surface area contributed by atoms with Crippen LogP contribution in [-0.2, 0) is 14.3 Å². The van der Waals surface area contributed by atoms with Gasteiger partial charge in [0.15, 0.2) is 0 Å². The van der Waals surface area contributed by atoms with Gasteiger partial charge in [-0.15, -0.1) is 0 Å². The van der Waals surface area contributed by atoms with E-state index in [9.17, 15) is 19.7 Å². The van der Waals surface area contributed by atoms with E-state index in [0.29, 0.717) is 48.0 Å². The molecule has 13 heteroatoms. The van der Waals surface area contributed by atoms with E-state index in [1.54, 1.807) is 24.0 Å². The monoisotopic (exact) mass is 602 g/mol. The summed E-state index contributed by atoms with van der Waals surface area (Å²) in [7, 11) is 0. The Morgan fingerprint density at radius 1 is 1.16 bits per heavy atom. The zero-order valence-electron chi connectivity index (χ0n) is 24.8. The third-order valence-corrected chi connectivity index (χ3v) is 8.20. The second kappa shape index (κ2) is 16.3. The van der Waals surface area contributed by atoms with Crippen LogP contribution < -0.4 is 5.32 Å². The molecule has 2 aliphatic heterocycles. The molecule has 0 spiro atoms. The van der Waals surface area contributed by atoms with Crippen LogP contribution in [0.25, 0.3) is 10.4 Å². The number of likely N-dealkylation sites (tertiary alicyclic amines) is 1. The van der Waals surface area contributed by atoms with E-state index in [1.165, 1.54) is 17.7 Å². The molecule has 44 heavy (non-hydrogen) atoms. The third-order valence-electron chi connectivity index (χ3n) is 8.20. The van der Waals surface area contributed by atoms with E-state index in [0.717, 1.165) is 38.9 Å². The number of hydrogen-bond donors (Lipinski definition) is 1. The van der Waals surface area contributed by atoms with Crippen molar-refractivity contribution in [2.75, 3.05) is 45.9 Å². The number of rotatable bonds is 16. The van der Waals surface area contributed by atoms with Gasteiger partial charge in [-0.25, -0.2) is 0 Å². The van der Waals surface area contributed by atoms with Crippen LogP contribution in [0.15, 0.2) is 76.1 Å². The predicted octanol–water partition coefficient (Wildman–Crippen LogP) is 4.53. The predicted molar refractivity (Wildman–Crippen MR) is 166 cm³/mol. The molecule has 1 N–H and O–H groups in total. The number of carbonyl (C=O) groups is 2. The number of nitrogens with zero attached hydrogens (tertiary/aromatic N) is 7. The van der Waals surface area contributed by atoms with E-state index >= 15 is 0 Å². The van der Waals surface area contributed by atoms with Crippen molar-refractivity contribution in [1.29, 1.82) is 0 Å². The molecule has 2 aromatic rings. The summed E-state index contributed by atoms with van der Waals surface area (Å²) < 4.78 is 5.76. The molecule has 13 nitrogen and oxygen atoms in total. The van der Waals surface area contributed by atoms with E-state index in [4.69, 9.17) is 15.3 Å². The highest BCUT2D eigenvalue weighted by Gasteiger charge is 2.37. The SMILES string of the molecule is CC1=NC(COCCN=[N+]=[N-])=C(N(C=O)CCCN2CCC(c3ccccc3)CC2)C(c2ccc([N+](=O)[O-])cc2)C1NC=O. The minimum absolute atomic E-state index is 0.0439. The quantitative estimate of drug-likeness (QED) is 0.0563. The number of piperidine rings is 1. The van der Waals surface area contributed by atoms with Crippen LogP contribution >= 0.6 is 0 Å². The summed E-state index contributed by atoms with van der Waals surface area (Å²) in [6.45, 7) is 5.31. The van der Waals surface area contributed by atoms with Crippen LogP contribution in [0.2, 0.25) is 0 Å². The average Bonchev–Trinajstić information content (AvgIpc) is 3.05. The minimum atomic E-state index is -0.588. The molecule has 2 heterocycles. The van der Waals surface area contributed by atoms with Crippen LogP contribution in [0.3, 0.4) is 0 Å². The molecule has 0 aliphatic carbocycles. The molecule has 2 amide bonds. The van der Waals surface area contributed by atoms with Crippen molar-refractivity contribution in [3.63, 3.8) is 0 Å². The van der Waals surface area contributed by atoms with Crippen molar-refractivity contribution in [1.82, 2.24) is 15.1 Å². The largest absolute Gasteiger partial charge is 0.375 e. The van der Waals surface area contributed by atoms with Gasteiger partial charge in [0, 0.05) is 35.8 Å². The summed E-state index contributed by atoms with van der Waals surface area (Å²) in [6.07, 6.45) is 4.23. The number of ether oxygens (including phenoxy) is 1. The first-order valence-electron chi connectivity index (χ1n) is 14.8. The lowest BCUT2D eigenvalue weighted by Gasteiger charge is -2.38. The van der Waals surface area contributed by atoms with Crippen molar-refractivity contribution < 1.29 is 19.2 Å². The first-order chi connectivity index (χ1) is 21.5. The number of aliphatic imine (C=N–C) groups is 1. The molecule has 1 fully saturated rings. The van der Waals surface area contributed by atoms with Gasteiger partial charge in [0.25, 0.3) is 5.69 Å². The lowest BCUT2D eigenvalue weighted by atomic mass is 9.82. The topological polar surface area (TPSA) is 166 Å². The molecule has 0 radical (unpaired) electrons. The van der Waals surface area contributed by atoms with Gasteiger partial charge in [-0.2, -0.15) is 0 Å². The van der Waals surface area contributed by atoms with Crippen molar-refractivity contribution in [2.24, 2.45) is 10.1 Å². The van der Waals surface area contributed by atoms with Crippen molar-refractivity contribution in [3.05, 3.63) is 97.7 Å². The maximum atomic E-state index is 12.7. The maximum absolute atomic E-state index is 12.7. The molecular weight excluding hydrogens is 564 g/mol. The molecule has 2 aliphatic rings. The normalized spacial score (nSPS) is 19.1. The molecule has 232 valence electrons. The minimum Gasteiger partial charge on any atom is -0.375 e. The van der Waals surface area contributed by atoms with Gasteiger partial charge in [0.05, 0.1) is 41.5 Å². The number of nitro benzene ring substituents is 1. The molecule has 2 aromatic carbocycles. The Hall–Kier alpha value is -4.58. The molecular formula is C31H38N8O5. The Morgan fingerprint density at radius 3 is 2.52 bits per heavy atom. The summed E-state index contributed by atoms with van der Waals surface area (Å²) in [6, 6.07) is 16.1. The van der Waals surface area contributed by atoms with E-state index in [2.05, 4.69) is 44.5 Å². The van der Waals surface area contributed by atoms with Gasteiger partial charge in [-0.3, -0.25) is 24.7 Å². The molecule has 0 saturated carbocycles. The number of hydrogen-bond acceptors (Lipinski definition) is 8. The number of nitro groups is 1. The standard InChI is InChI=1S/C31H38N8O5/c1-23-30(33-21-40)29(26-8-10-27(11-9-26)39(42)43)31(28(35-23)20-44-19-14-34-36-32)38(22-41)16-5-15-37-17-12-25(13-18-37)24-6-3-2-4-7-24/h2-4,6-11,21-22,25,29-30H,5,12-20H2,1H3,(H,33,40). The number of carbonyl (C=O) groups excluding carboxylic acids is 2. The highest BCUT2D eigenvalue weighted by Crippen LogP contribution is 2.37. The lowest BCUT2D eigenvalue weighted by Crippen LogP contribution is -2.46. The fourth-order valence-corrected chi connectivity index (χ4v) is 6.04. The summed E-state index contributed by atoms with van der Waals surface area (Å²) in [5.41, 5.74) is 12.2. The van der Waals surface area contributed by atoms with E-state index < -0.39 is 16.9 Å². The number of azide groups is 1. The molecule has 4 rings (SSSR count). The van der Waals surface area contributed by atoms with Crippen LogP contribution in [-0.4, -0.2) is 85.2 Å². The average molecular weight is 603 g/mol. The summed E-state index contributed by atoms with van der Waals surface area (Å²) in [5.74, 6) is -0.000384. The number of benzene rings is 2. The Balaban J connectivity index is 1.55. The summed E-state index contributed by atoms with van der Waals surface area (Å²) in [5, 5.41) is 17.7. The first-order valence-corrected chi connectivity index (χ1v) is 14.8. The van der Waals surface area contributed by atoms with Crippen molar-refractivity contribution in [2.45, 2.75) is 44.1 Å². The smallest absolute Gasteiger partial charge is 0.269 e. The van der Waals surface area contributed by atoms with Crippen LogP contribution in [0.4, 0.5) is 5.69 Å². The molecule has 0 bridgehead atoms. The maximum Gasteiger partial charge on any atom is 0.269 e. The Morgan fingerprint density at radius 2 is 1.89 bits per heavy atom. The highest BCUT2D eigenvalue weighted by atomic mass is 16.6. The lowest BCUT2D eigenvalue weighted by molar-refractivity contribution is -0.384. The van der Waals surface area contributed by atoms with E-state index in [-0.39, 0.29) is 25.4 Å². The van der Waals surface area contributed by atoms with Gasteiger partial charge in [0.1, 0.15) is 0 Å². The number of amides is 2. The Bertz CT molecular complexity index is 1380. The van der Waals surface area contributed by atoms with Crippen LogP contribution in [0.1, 0.15) is 49.1 Å². The Labute approximate surface area is 256 Å². The van der Waals surface area contributed by atoms with Gasteiger partial charge in [-0.1, -0.05) is 47.6 Å². The van der Waals surface area contributed by atoms with Gasteiger partial charge < -0.3 is 19.9 Å². The van der Waals surface area contributed by atoms with Gasteiger partial charge in [0.2, 0.25) is 12.8 Å². The van der Waals surface area contributed by atoms with Crippen LogP contribution in [0, 0.1) is 10.1 Å². The van der Waals surface area contributed by atoms with Crippen molar-refractivity contribution in [3.8, 4) is 0 Å².